The third-order valence-electron chi connectivity index (χ3n) is 2.02. The van der Waals surface area contributed by atoms with E-state index in [-0.39, 0.29) is 12.3 Å². The second-order valence-corrected chi connectivity index (χ2v) is 3.15. The minimum Gasteiger partial charge on any atom is -0.387 e. The fourth-order valence-electron chi connectivity index (χ4n) is 1.27. The van der Waals surface area contributed by atoms with E-state index in [9.17, 15) is 9.59 Å². The molecule has 0 saturated carbocycles. The summed E-state index contributed by atoms with van der Waals surface area (Å²) in [5.41, 5.74) is 1.35. The van der Waals surface area contributed by atoms with Gasteiger partial charge in [0.1, 0.15) is 6.61 Å². The van der Waals surface area contributed by atoms with Crippen molar-refractivity contribution in [1.82, 2.24) is 5.32 Å². The molecule has 0 aliphatic heterocycles. The number of nitrogens with one attached hydrogen (secondary N) is 1. The normalized spacial score (nSPS) is 9.73. The van der Waals surface area contributed by atoms with Crippen LogP contribution in [0.1, 0.15) is 22.8 Å². The summed E-state index contributed by atoms with van der Waals surface area (Å²) in [7, 11) is 0. The summed E-state index contributed by atoms with van der Waals surface area (Å²) in [5, 5.41) is 11.0. The zero-order chi connectivity index (χ0) is 11.3. The van der Waals surface area contributed by atoms with Crippen LogP contribution in [-0.4, -0.2) is 23.4 Å². The van der Waals surface area contributed by atoms with E-state index in [1.165, 1.54) is 6.92 Å². The van der Waals surface area contributed by atoms with Gasteiger partial charge in [-0.05, 0) is 12.5 Å². The van der Waals surface area contributed by atoms with Crippen molar-refractivity contribution in [2.45, 2.75) is 13.5 Å². The molecule has 1 rings (SSSR count). The number of aliphatic hydroxyl groups excluding tert-OH is 1. The summed E-state index contributed by atoms with van der Waals surface area (Å²) in [5.74, 6) is -0.489. The van der Waals surface area contributed by atoms with Crippen molar-refractivity contribution < 1.29 is 14.7 Å². The Morgan fingerprint density at radius 3 is 2.60 bits per heavy atom. The average Bonchev–Trinajstić information content (AvgIpc) is 2.26. The Bertz CT molecular complexity index is 374. The lowest BCUT2D eigenvalue weighted by Gasteiger charge is -2.07. The van der Waals surface area contributed by atoms with E-state index < -0.39 is 12.5 Å². The van der Waals surface area contributed by atoms with Gasteiger partial charge >= 0.3 is 0 Å². The molecule has 1 aromatic rings. The Labute approximate surface area is 87.9 Å². The van der Waals surface area contributed by atoms with E-state index in [4.69, 9.17) is 5.11 Å². The number of benzene rings is 1. The first-order chi connectivity index (χ1) is 7.15. The van der Waals surface area contributed by atoms with Gasteiger partial charge < -0.3 is 10.4 Å². The summed E-state index contributed by atoms with van der Waals surface area (Å²) < 4.78 is 0. The first-order valence-electron chi connectivity index (χ1n) is 4.61. The molecule has 0 aliphatic rings. The van der Waals surface area contributed by atoms with Gasteiger partial charge in [0.2, 0.25) is 5.91 Å². The van der Waals surface area contributed by atoms with Crippen LogP contribution in [-0.2, 0) is 11.3 Å². The third-order valence-corrected chi connectivity index (χ3v) is 2.02. The summed E-state index contributed by atoms with van der Waals surface area (Å²) in [6, 6.07) is 7.05. The Morgan fingerprint density at radius 2 is 2.00 bits per heavy atom. The van der Waals surface area contributed by atoms with Crippen molar-refractivity contribution in [1.29, 1.82) is 0 Å². The number of hydrogen-bond acceptors (Lipinski definition) is 3. The lowest BCUT2D eigenvalue weighted by Crippen LogP contribution is -2.26. The molecule has 0 bridgehead atoms. The molecule has 0 radical (unpaired) electrons. The van der Waals surface area contributed by atoms with Crippen LogP contribution in [0.15, 0.2) is 24.3 Å². The van der Waals surface area contributed by atoms with Crippen molar-refractivity contribution in [3.8, 4) is 0 Å². The molecule has 0 atom stereocenters. The van der Waals surface area contributed by atoms with Crippen LogP contribution in [0.5, 0.6) is 0 Å². The predicted molar refractivity (Wildman–Crippen MR) is 55.4 cm³/mol. The Kier molecular flexibility index (Phi) is 4.00. The molecule has 0 fully saturated rings. The molecule has 15 heavy (non-hydrogen) atoms. The second kappa shape index (κ2) is 5.26. The van der Waals surface area contributed by atoms with Crippen molar-refractivity contribution in [2.75, 3.05) is 6.61 Å². The van der Waals surface area contributed by atoms with E-state index in [0.29, 0.717) is 5.56 Å². The van der Waals surface area contributed by atoms with Crippen molar-refractivity contribution in [3.05, 3.63) is 35.4 Å². The van der Waals surface area contributed by atoms with Crippen molar-refractivity contribution in [2.24, 2.45) is 0 Å². The zero-order valence-electron chi connectivity index (χ0n) is 8.49. The quantitative estimate of drug-likeness (QED) is 0.706. The molecule has 0 spiro atoms. The largest absolute Gasteiger partial charge is 0.387 e. The number of rotatable bonds is 4. The van der Waals surface area contributed by atoms with E-state index in [2.05, 4.69) is 5.32 Å². The van der Waals surface area contributed by atoms with Gasteiger partial charge in [0.05, 0.1) is 0 Å². The Hall–Kier alpha value is -1.68. The van der Waals surface area contributed by atoms with Crippen LogP contribution in [0.4, 0.5) is 0 Å². The van der Waals surface area contributed by atoms with Gasteiger partial charge in [-0.3, -0.25) is 9.59 Å². The maximum atomic E-state index is 11.2. The van der Waals surface area contributed by atoms with Gasteiger partial charge in [-0.25, -0.2) is 0 Å². The molecule has 0 aliphatic carbocycles. The molecular weight excluding hydrogens is 194 g/mol. The minimum atomic E-state index is -0.539. The predicted octanol–water partition coefficient (Wildman–Crippen LogP) is 0.498. The van der Waals surface area contributed by atoms with E-state index in [1.54, 1.807) is 24.3 Å². The molecule has 1 amide bonds. The molecule has 0 heterocycles. The fraction of sp³-hybridized carbons (Fsp3) is 0.273. The Morgan fingerprint density at radius 1 is 1.33 bits per heavy atom. The number of amides is 1. The minimum absolute atomic E-state index is 0.0381. The van der Waals surface area contributed by atoms with E-state index in [1.807, 2.05) is 0 Å². The molecular formula is C11H13NO3. The molecule has 0 aromatic heterocycles. The van der Waals surface area contributed by atoms with Gasteiger partial charge in [-0.1, -0.05) is 24.3 Å². The second-order valence-electron chi connectivity index (χ2n) is 3.15. The van der Waals surface area contributed by atoms with Gasteiger partial charge in [0, 0.05) is 12.1 Å². The average molecular weight is 207 g/mol. The fourth-order valence-corrected chi connectivity index (χ4v) is 1.27. The summed E-state index contributed by atoms with van der Waals surface area (Å²) >= 11 is 0. The van der Waals surface area contributed by atoms with Gasteiger partial charge in [-0.2, -0.15) is 0 Å². The molecule has 4 heteroatoms. The van der Waals surface area contributed by atoms with E-state index >= 15 is 0 Å². The molecule has 4 nitrogen and oxygen atoms in total. The van der Waals surface area contributed by atoms with Gasteiger partial charge in [-0.15, -0.1) is 0 Å². The summed E-state index contributed by atoms with van der Waals surface area (Å²) in [4.78, 5) is 22.0. The monoisotopic (exact) mass is 207 g/mol. The van der Waals surface area contributed by atoms with Crippen molar-refractivity contribution in [3.63, 3.8) is 0 Å². The number of ketones is 1. The van der Waals surface area contributed by atoms with E-state index in [0.717, 1.165) is 5.56 Å². The van der Waals surface area contributed by atoms with Crippen LogP contribution >= 0.6 is 0 Å². The first-order valence-corrected chi connectivity index (χ1v) is 4.61. The number of Topliss-reactive ketones (excluding diaryl/α,β-unsaturated/α-hetero) is 1. The molecule has 80 valence electrons. The number of hydrogen-bond donors (Lipinski definition) is 2. The third kappa shape index (κ3) is 3.18. The van der Waals surface area contributed by atoms with Crippen molar-refractivity contribution >= 4 is 11.7 Å². The maximum Gasteiger partial charge on any atom is 0.245 e. The highest BCUT2D eigenvalue weighted by Crippen LogP contribution is 2.08. The highest BCUT2D eigenvalue weighted by molar-refractivity contribution is 5.95. The maximum absolute atomic E-state index is 11.2. The summed E-state index contributed by atoms with van der Waals surface area (Å²) in [6.45, 7) is 1.20. The highest BCUT2D eigenvalue weighted by Gasteiger charge is 2.06. The highest BCUT2D eigenvalue weighted by atomic mass is 16.3. The smallest absolute Gasteiger partial charge is 0.245 e. The molecule has 0 saturated heterocycles. The standard InChI is InChI=1S/C11H13NO3/c1-8(14)10-5-3-2-4-9(10)6-12-11(15)7-13/h2-5,13H,6-7H2,1H3,(H,12,15). The van der Waals surface area contributed by atoms with Gasteiger partial charge in [0.25, 0.3) is 0 Å². The molecule has 2 N–H and O–H groups in total. The summed E-state index contributed by atoms with van der Waals surface area (Å²) in [6.07, 6.45) is 0. The van der Waals surface area contributed by atoms with Crippen LogP contribution in [0, 0.1) is 0 Å². The zero-order valence-corrected chi connectivity index (χ0v) is 8.49. The molecule has 1 aromatic carbocycles. The number of aliphatic hydroxyl groups is 1. The first kappa shape index (κ1) is 11.4. The van der Waals surface area contributed by atoms with Crippen LogP contribution < -0.4 is 5.32 Å². The SMILES string of the molecule is CC(=O)c1ccccc1CNC(=O)CO. The number of carbonyl (C=O) groups excluding carboxylic acids is 2. The van der Waals surface area contributed by atoms with Crippen LogP contribution in [0.3, 0.4) is 0 Å². The topological polar surface area (TPSA) is 66.4 Å². The Balaban J connectivity index is 2.76. The van der Waals surface area contributed by atoms with Crippen LogP contribution in [0.2, 0.25) is 0 Å². The lowest BCUT2D eigenvalue weighted by molar-refractivity contribution is -0.123. The van der Waals surface area contributed by atoms with Gasteiger partial charge in [0.15, 0.2) is 5.78 Å². The van der Waals surface area contributed by atoms with Crippen LogP contribution in [0.25, 0.3) is 0 Å². The lowest BCUT2D eigenvalue weighted by atomic mass is 10.0. The molecule has 0 unspecified atom stereocenters. The number of carbonyl (C=O) groups is 2.